The third-order valence-electron chi connectivity index (χ3n) is 5.97. The standard InChI is InChI=1S/C26H30ClN5O2/c1-18-10-11-20(21(27)14-18)12-13-31-23(33)15-26(31,24(34)29-25(2,3)4)22-16-28-32(30-22)17-19-8-6-5-7-9-19/h5-11,14,16H,12-13,15,17H2,1-4H3,(H,29,34)/t26-/m1/s1. The van der Waals surface area contributed by atoms with Crippen molar-refractivity contribution < 1.29 is 9.59 Å². The Labute approximate surface area is 205 Å². The number of hydrogen-bond donors (Lipinski definition) is 1. The quantitative estimate of drug-likeness (QED) is 0.521. The highest BCUT2D eigenvalue weighted by molar-refractivity contribution is 6.31. The molecule has 2 aromatic carbocycles. The number of hydrogen-bond acceptors (Lipinski definition) is 4. The number of benzene rings is 2. The minimum atomic E-state index is -1.20. The molecular weight excluding hydrogens is 450 g/mol. The zero-order chi connectivity index (χ0) is 24.5. The van der Waals surface area contributed by atoms with Crippen molar-refractivity contribution >= 4 is 23.4 Å². The normalized spacial score (nSPS) is 18.0. The maximum absolute atomic E-state index is 13.6. The molecule has 34 heavy (non-hydrogen) atoms. The maximum Gasteiger partial charge on any atom is 0.253 e. The number of carbonyl (C=O) groups excluding carboxylic acids is 2. The fourth-order valence-corrected chi connectivity index (χ4v) is 4.57. The molecule has 8 heteroatoms. The van der Waals surface area contributed by atoms with Crippen molar-refractivity contribution in [1.29, 1.82) is 0 Å². The summed E-state index contributed by atoms with van der Waals surface area (Å²) >= 11 is 6.42. The highest BCUT2D eigenvalue weighted by Gasteiger charge is 2.59. The number of β-lactam (4-membered cyclic amide) rings is 1. The van der Waals surface area contributed by atoms with Gasteiger partial charge < -0.3 is 10.2 Å². The van der Waals surface area contributed by atoms with Crippen molar-refractivity contribution in [2.24, 2.45) is 0 Å². The minimum Gasteiger partial charge on any atom is -0.349 e. The third kappa shape index (κ3) is 4.85. The molecule has 0 radical (unpaired) electrons. The van der Waals surface area contributed by atoms with Crippen LogP contribution in [-0.4, -0.2) is 43.8 Å². The molecule has 1 saturated heterocycles. The molecule has 1 aromatic heterocycles. The van der Waals surface area contributed by atoms with Crippen LogP contribution < -0.4 is 5.32 Å². The zero-order valence-electron chi connectivity index (χ0n) is 20.0. The topological polar surface area (TPSA) is 80.1 Å². The Balaban J connectivity index is 1.63. The Morgan fingerprint density at radius 3 is 2.56 bits per heavy atom. The molecule has 0 aliphatic carbocycles. The van der Waals surface area contributed by atoms with Crippen LogP contribution >= 0.6 is 11.6 Å². The number of halogens is 1. The number of carbonyl (C=O) groups is 2. The smallest absolute Gasteiger partial charge is 0.253 e. The van der Waals surface area contributed by atoms with E-state index in [1.54, 1.807) is 15.9 Å². The summed E-state index contributed by atoms with van der Waals surface area (Å²) in [6.45, 7) is 8.57. The molecule has 0 unspecified atom stereocenters. The zero-order valence-corrected chi connectivity index (χ0v) is 20.8. The lowest BCUT2D eigenvalue weighted by Crippen LogP contribution is -2.69. The molecule has 1 aliphatic heterocycles. The van der Waals surface area contributed by atoms with Crippen LogP contribution in [0.1, 0.15) is 49.6 Å². The summed E-state index contributed by atoms with van der Waals surface area (Å²) in [6.07, 6.45) is 2.19. The SMILES string of the molecule is Cc1ccc(CCN2C(=O)C[C@]2(C(=O)NC(C)(C)C)c2cnn(Cc3ccccc3)n2)c(Cl)c1. The van der Waals surface area contributed by atoms with Crippen molar-refractivity contribution in [3.63, 3.8) is 0 Å². The molecule has 178 valence electrons. The van der Waals surface area contributed by atoms with E-state index >= 15 is 0 Å². The number of rotatable bonds is 7. The average Bonchev–Trinajstić information content (AvgIpc) is 3.21. The summed E-state index contributed by atoms with van der Waals surface area (Å²) in [5.74, 6) is -0.341. The van der Waals surface area contributed by atoms with Crippen molar-refractivity contribution in [2.45, 2.75) is 58.2 Å². The van der Waals surface area contributed by atoms with Crippen LogP contribution in [0.25, 0.3) is 0 Å². The summed E-state index contributed by atoms with van der Waals surface area (Å²) in [4.78, 5) is 29.6. The van der Waals surface area contributed by atoms with E-state index in [9.17, 15) is 9.59 Å². The van der Waals surface area contributed by atoms with Crippen LogP contribution in [0.2, 0.25) is 5.02 Å². The first-order chi connectivity index (χ1) is 16.1. The predicted molar refractivity (Wildman–Crippen MR) is 131 cm³/mol. The summed E-state index contributed by atoms with van der Waals surface area (Å²) in [5, 5.41) is 12.8. The lowest BCUT2D eigenvalue weighted by atomic mass is 9.79. The van der Waals surface area contributed by atoms with Crippen LogP contribution in [0.3, 0.4) is 0 Å². The lowest BCUT2D eigenvalue weighted by molar-refractivity contribution is -0.168. The maximum atomic E-state index is 13.6. The van der Waals surface area contributed by atoms with Crippen LogP contribution in [0.15, 0.2) is 54.7 Å². The monoisotopic (exact) mass is 479 g/mol. The van der Waals surface area contributed by atoms with E-state index in [0.29, 0.717) is 30.2 Å². The Hall–Kier alpha value is -3.19. The van der Waals surface area contributed by atoms with Gasteiger partial charge in [0.05, 0.1) is 19.2 Å². The Kier molecular flexibility index (Phi) is 6.49. The molecule has 1 fully saturated rings. The molecule has 1 N–H and O–H groups in total. The van der Waals surface area contributed by atoms with Gasteiger partial charge in [0, 0.05) is 17.1 Å². The van der Waals surface area contributed by atoms with Gasteiger partial charge >= 0.3 is 0 Å². The van der Waals surface area contributed by atoms with Gasteiger partial charge in [-0.3, -0.25) is 9.59 Å². The van der Waals surface area contributed by atoms with E-state index in [1.807, 2.05) is 76.2 Å². The van der Waals surface area contributed by atoms with Crippen molar-refractivity contribution in [2.75, 3.05) is 6.54 Å². The molecule has 0 bridgehead atoms. The molecule has 3 aromatic rings. The number of likely N-dealkylation sites (tertiary alicyclic amines) is 1. The van der Waals surface area contributed by atoms with E-state index in [1.165, 1.54) is 0 Å². The fourth-order valence-electron chi connectivity index (χ4n) is 4.24. The van der Waals surface area contributed by atoms with E-state index in [0.717, 1.165) is 16.7 Å². The first-order valence-electron chi connectivity index (χ1n) is 11.4. The van der Waals surface area contributed by atoms with Gasteiger partial charge in [0.15, 0.2) is 5.54 Å². The van der Waals surface area contributed by atoms with Gasteiger partial charge in [-0.1, -0.05) is 54.1 Å². The van der Waals surface area contributed by atoms with E-state index in [2.05, 4.69) is 15.5 Å². The second kappa shape index (κ2) is 9.22. The van der Waals surface area contributed by atoms with Crippen molar-refractivity contribution in [1.82, 2.24) is 25.2 Å². The fraction of sp³-hybridized carbons (Fsp3) is 0.385. The van der Waals surface area contributed by atoms with Gasteiger partial charge in [-0.05, 0) is 56.9 Å². The Morgan fingerprint density at radius 2 is 1.91 bits per heavy atom. The molecule has 4 rings (SSSR count). The van der Waals surface area contributed by atoms with Crippen LogP contribution in [-0.2, 0) is 28.1 Å². The van der Waals surface area contributed by atoms with E-state index < -0.39 is 11.1 Å². The van der Waals surface area contributed by atoms with Gasteiger partial charge in [-0.2, -0.15) is 15.0 Å². The highest BCUT2D eigenvalue weighted by atomic mass is 35.5. The van der Waals surface area contributed by atoms with Gasteiger partial charge in [-0.25, -0.2) is 0 Å². The molecule has 2 amide bonds. The molecule has 1 atom stereocenters. The second-order valence-electron chi connectivity index (χ2n) is 9.88. The highest BCUT2D eigenvalue weighted by Crippen LogP contribution is 2.41. The van der Waals surface area contributed by atoms with Gasteiger partial charge in [0.2, 0.25) is 5.91 Å². The van der Waals surface area contributed by atoms with Gasteiger partial charge in [0.1, 0.15) is 5.69 Å². The largest absolute Gasteiger partial charge is 0.349 e. The first-order valence-corrected chi connectivity index (χ1v) is 11.8. The summed E-state index contributed by atoms with van der Waals surface area (Å²) in [5.41, 5.74) is 1.87. The van der Waals surface area contributed by atoms with Crippen molar-refractivity contribution in [3.8, 4) is 0 Å². The predicted octanol–water partition coefficient (Wildman–Crippen LogP) is 3.87. The Bertz CT molecular complexity index is 1200. The van der Waals surface area contributed by atoms with E-state index in [-0.39, 0.29) is 18.2 Å². The van der Waals surface area contributed by atoms with Gasteiger partial charge in [-0.15, -0.1) is 0 Å². The molecular formula is C26H30ClN5O2. The second-order valence-corrected chi connectivity index (χ2v) is 10.3. The Morgan fingerprint density at radius 1 is 1.18 bits per heavy atom. The number of aromatic nitrogens is 3. The minimum absolute atomic E-state index is 0.0561. The average molecular weight is 480 g/mol. The van der Waals surface area contributed by atoms with Crippen molar-refractivity contribution in [3.05, 3.63) is 82.1 Å². The molecule has 0 saturated carbocycles. The van der Waals surface area contributed by atoms with Crippen LogP contribution in [0.5, 0.6) is 0 Å². The summed E-state index contributed by atoms with van der Waals surface area (Å²) in [6, 6.07) is 15.7. The first kappa shape index (κ1) is 24.0. The number of nitrogens with one attached hydrogen (secondary N) is 1. The van der Waals surface area contributed by atoms with Gasteiger partial charge in [0.25, 0.3) is 5.91 Å². The molecule has 7 nitrogen and oxygen atoms in total. The number of nitrogens with zero attached hydrogens (tertiary/aromatic N) is 4. The summed E-state index contributed by atoms with van der Waals surface area (Å²) < 4.78 is 0. The molecule has 1 aliphatic rings. The number of aryl methyl sites for hydroxylation is 1. The number of amides is 2. The molecule has 0 spiro atoms. The summed E-state index contributed by atoms with van der Waals surface area (Å²) in [7, 11) is 0. The lowest BCUT2D eigenvalue weighted by Gasteiger charge is -2.50. The van der Waals surface area contributed by atoms with Crippen LogP contribution in [0.4, 0.5) is 0 Å². The molecule has 2 heterocycles. The van der Waals surface area contributed by atoms with E-state index in [4.69, 9.17) is 11.6 Å². The van der Waals surface area contributed by atoms with Crippen LogP contribution in [0, 0.1) is 6.92 Å². The third-order valence-corrected chi connectivity index (χ3v) is 6.33.